The van der Waals surface area contributed by atoms with Crippen molar-refractivity contribution in [3.8, 4) is 0 Å². The molecule has 1 saturated heterocycles. The molecule has 0 unspecified atom stereocenters. The summed E-state index contributed by atoms with van der Waals surface area (Å²) in [7, 11) is 0. The molecule has 46 heavy (non-hydrogen) atoms. The molecule has 2 aromatic heterocycles. The van der Waals surface area contributed by atoms with Gasteiger partial charge < -0.3 is 19.6 Å². The first kappa shape index (κ1) is 37.5. The largest absolute Gasteiger partial charge is 0.357 e. The Morgan fingerprint density at radius 3 is 1.24 bits per heavy atom. The van der Waals surface area contributed by atoms with E-state index in [0.717, 1.165) is 75.4 Å². The van der Waals surface area contributed by atoms with Crippen LogP contribution in [0, 0.1) is 34.1 Å². The first-order valence-electron chi connectivity index (χ1n) is 15.4. The van der Waals surface area contributed by atoms with Crippen molar-refractivity contribution in [3.63, 3.8) is 0 Å². The van der Waals surface area contributed by atoms with E-state index in [1.54, 1.807) is 13.8 Å². The summed E-state index contributed by atoms with van der Waals surface area (Å²) >= 11 is 13.6. The monoisotopic (exact) mass is 710 g/mol. The predicted molar refractivity (Wildman–Crippen MR) is 192 cm³/mol. The van der Waals surface area contributed by atoms with Gasteiger partial charge in [-0.25, -0.2) is 19.9 Å². The van der Waals surface area contributed by atoms with Crippen LogP contribution in [0.5, 0.6) is 0 Å². The van der Waals surface area contributed by atoms with E-state index in [4.69, 9.17) is 24.4 Å². The molecule has 0 spiro atoms. The highest BCUT2D eigenvalue weighted by Crippen LogP contribution is 2.39. The summed E-state index contributed by atoms with van der Waals surface area (Å²) in [5.41, 5.74) is -0.391. The van der Waals surface area contributed by atoms with Gasteiger partial charge in [-0.05, 0) is 63.1 Å². The van der Waals surface area contributed by atoms with Gasteiger partial charge in [0, 0.05) is 52.4 Å². The number of nitrogens with zero attached hydrogens (tertiary/aromatic N) is 10. The third-order valence-corrected chi connectivity index (χ3v) is 9.83. The van der Waals surface area contributed by atoms with Crippen molar-refractivity contribution >= 4 is 79.6 Å². The SMILES string of the molecule is CCCN(CCC)C(=S)Sc1nc(C)nc(N2CCN(c3nc(C)nc(SC(=S)N(CCC)CCC)c3[N+](=O)[O-])CC2)c1[N+](=O)[O-]. The van der Waals surface area contributed by atoms with E-state index in [1.165, 1.54) is 0 Å². The summed E-state index contributed by atoms with van der Waals surface area (Å²) in [6, 6.07) is 0. The Morgan fingerprint density at radius 2 is 0.978 bits per heavy atom. The Labute approximate surface area is 289 Å². The molecule has 0 radical (unpaired) electrons. The fourth-order valence-corrected chi connectivity index (χ4v) is 7.72. The van der Waals surface area contributed by atoms with Crippen LogP contribution >= 0.6 is 48.0 Å². The van der Waals surface area contributed by atoms with Crippen LogP contribution < -0.4 is 9.80 Å². The van der Waals surface area contributed by atoms with Crippen LogP contribution in [0.4, 0.5) is 23.0 Å². The lowest BCUT2D eigenvalue weighted by Gasteiger charge is -2.35. The molecular formula is C28H42N10O4S4. The van der Waals surface area contributed by atoms with Gasteiger partial charge in [-0.3, -0.25) is 20.2 Å². The molecular weight excluding hydrogens is 669 g/mol. The fourth-order valence-electron chi connectivity index (χ4n) is 5.05. The fraction of sp³-hybridized carbons (Fsp3) is 0.643. The maximum Gasteiger partial charge on any atom is 0.343 e. The predicted octanol–water partition coefficient (Wildman–Crippen LogP) is 6.02. The molecule has 0 atom stereocenters. The Bertz CT molecular complexity index is 1310. The van der Waals surface area contributed by atoms with Gasteiger partial charge >= 0.3 is 11.4 Å². The van der Waals surface area contributed by atoms with Crippen molar-refractivity contribution in [3.05, 3.63) is 31.9 Å². The number of rotatable bonds is 14. The second-order valence-corrected chi connectivity index (χ2v) is 13.9. The van der Waals surface area contributed by atoms with Gasteiger partial charge in [0.15, 0.2) is 10.1 Å². The highest BCUT2D eigenvalue weighted by molar-refractivity contribution is 8.23. The van der Waals surface area contributed by atoms with Crippen molar-refractivity contribution in [2.24, 2.45) is 0 Å². The number of thiocarbonyl (C=S) groups is 2. The highest BCUT2D eigenvalue weighted by atomic mass is 32.2. The van der Waals surface area contributed by atoms with E-state index >= 15 is 0 Å². The van der Waals surface area contributed by atoms with Gasteiger partial charge in [-0.15, -0.1) is 0 Å². The van der Waals surface area contributed by atoms with E-state index in [9.17, 15) is 20.2 Å². The molecule has 252 valence electrons. The zero-order valence-electron chi connectivity index (χ0n) is 27.2. The molecule has 3 rings (SSSR count). The third kappa shape index (κ3) is 9.54. The molecule has 1 fully saturated rings. The van der Waals surface area contributed by atoms with E-state index in [-0.39, 0.29) is 33.1 Å². The summed E-state index contributed by atoms with van der Waals surface area (Å²) in [6.45, 7) is 16.0. The Balaban J connectivity index is 1.90. The highest BCUT2D eigenvalue weighted by Gasteiger charge is 2.35. The zero-order chi connectivity index (χ0) is 34.0. The quantitative estimate of drug-likeness (QED) is 0.0738. The lowest BCUT2D eigenvalue weighted by Crippen LogP contribution is -2.47. The number of aryl methyl sites for hydroxylation is 2. The van der Waals surface area contributed by atoms with Crippen LogP contribution in [0.25, 0.3) is 0 Å². The van der Waals surface area contributed by atoms with Crippen molar-refractivity contribution in [1.29, 1.82) is 0 Å². The first-order chi connectivity index (χ1) is 21.9. The average molecular weight is 711 g/mol. The minimum Gasteiger partial charge on any atom is -0.357 e. The molecule has 3 heterocycles. The Kier molecular flexibility index (Phi) is 14.5. The van der Waals surface area contributed by atoms with Gasteiger partial charge in [0.2, 0.25) is 11.6 Å². The van der Waals surface area contributed by atoms with E-state index in [1.807, 2.05) is 19.6 Å². The van der Waals surface area contributed by atoms with Gasteiger partial charge in [0.1, 0.15) is 20.3 Å². The summed E-state index contributed by atoms with van der Waals surface area (Å²) in [5, 5.41) is 25.2. The number of hydrogen-bond donors (Lipinski definition) is 0. The molecule has 0 aliphatic carbocycles. The van der Waals surface area contributed by atoms with Crippen LogP contribution in [0.1, 0.15) is 65.0 Å². The second-order valence-electron chi connectivity index (χ2n) is 10.7. The average Bonchev–Trinajstić information content (AvgIpc) is 2.99. The van der Waals surface area contributed by atoms with Gasteiger partial charge in [0.25, 0.3) is 0 Å². The Hall–Kier alpha value is -2.96. The lowest BCUT2D eigenvalue weighted by molar-refractivity contribution is -0.387. The molecule has 0 N–H and O–H groups in total. The Morgan fingerprint density at radius 1 is 0.674 bits per heavy atom. The molecule has 18 heteroatoms. The third-order valence-electron chi connectivity index (χ3n) is 6.99. The van der Waals surface area contributed by atoms with E-state index < -0.39 is 9.85 Å². The number of hydrogen-bond acceptors (Lipinski definition) is 14. The standard InChI is InChI=1S/C28H42N10O4S4/c1-7-11-35(12-8-2)27(43)45-25-21(37(39)40)23(29-19(5)31-25)33-15-17-34(18-16-33)24-22(38(41)42)26(32-20(6)30-24)46-28(44)36(13-9-3)14-10-4/h7-18H2,1-6H3. The lowest BCUT2D eigenvalue weighted by atomic mass is 10.2. The van der Waals surface area contributed by atoms with Crippen molar-refractivity contribution < 1.29 is 9.85 Å². The molecule has 0 bridgehead atoms. The molecule has 0 saturated carbocycles. The topological polar surface area (TPSA) is 151 Å². The molecule has 0 aromatic carbocycles. The normalized spacial score (nSPS) is 13.1. The summed E-state index contributed by atoms with van der Waals surface area (Å²) in [5.74, 6) is 1.21. The van der Waals surface area contributed by atoms with Crippen molar-refractivity contribution in [2.45, 2.75) is 77.3 Å². The van der Waals surface area contributed by atoms with Crippen molar-refractivity contribution in [1.82, 2.24) is 29.7 Å². The van der Waals surface area contributed by atoms with E-state index in [2.05, 4.69) is 47.6 Å². The van der Waals surface area contributed by atoms with E-state index in [0.29, 0.717) is 46.5 Å². The van der Waals surface area contributed by atoms with Crippen LogP contribution in [0.2, 0.25) is 0 Å². The van der Waals surface area contributed by atoms with Gasteiger partial charge in [-0.1, -0.05) is 52.1 Å². The zero-order valence-corrected chi connectivity index (χ0v) is 30.5. The number of thioether (sulfide) groups is 2. The first-order valence-corrected chi connectivity index (χ1v) is 17.9. The maximum atomic E-state index is 12.4. The molecule has 0 amide bonds. The number of nitro groups is 2. The summed E-state index contributed by atoms with van der Waals surface area (Å²) in [6.07, 6.45) is 3.59. The number of piperazine rings is 1. The van der Waals surface area contributed by atoms with Crippen LogP contribution in [-0.4, -0.2) is 101 Å². The molecule has 1 aliphatic rings. The second kappa shape index (κ2) is 17.8. The molecule has 14 nitrogen and oxygen atoms in total. The minimum absolute atomic E-state index is 0.195. The van der Waals surface area contributed by atoms with Crippen LogP contribution in [0.3, 0.4) is 0 Å². The molecule has 2 aromatic rings. The van der Waals surface area contributed by atoms with Gasteiger partial charge in [0.05, 0.1) is 9.85 Å². The number of anilines is 2. The minimum atomic E-state index is -0.457. The summed E-state index contributed by atoms with van der Waals surface area (Å²) in [4.78, 5) is 49.4. The van der Waals surface area contributed by atoms with Crippen LogP contribution in [0.15, 0.2) is 10.1 Å². The van der Waals surface area contributed by atoms with Crippen molar-refractivity contribution in [2.75, 3.05) is 62.2 Å². The maximum absolute atomic E-state index is 12.4. The smallest absolute Gasteiger partial charge is 0.343 e. The summed E-state index contributed by atoms with van der Waals surface area (Å²) < 4.78 is 1.07. The van der Waals surface area contributed by atoms with Crippen LogP contribution in [-0.2, 0) is 0 Å². The molecule has 1 aliphatic heterocycles. The number of aromatic nitrogens is 4. The van der Waals surface area contributed by atoms with Gasteiger partial charge in [-0.2, -0.15) is 0 Å².